The van der Waals surface area contributed by atoms with Gasteiger partial charge in [0.25, 0.3) is 0 Å². The lowest BCUT2D eigenvalue weighted by Gasteiger charge is -1.94. The molecule has 1 heteroatoms. The van der Waals surface area contributed by atoms with E-state index >= 15 is 0 Å². The first-order valence-electron chi connectivity index (χ1n) is 4.54. The molecule has 0 N–H and O–H groups in total. The van der Waals surface area contributed by atoms with Gasteiger partial charge in [0.2, 0.25) is 0 Å². The molecule has 0 atom stereocenters. The quantitative estimate of drug-likeness (QED) is 0.445. The molecule has 0 radical (unpaired) electrons. The Morgan fingerprint density at radius 1 is 1.33 bits per heavy atom. The molecule has 0 spiro atoms. The van der Waals surface area contributed by atoms with Crippen molar-refractivity contribution >= 4 is 5.71 Å². The molecule has 0 unspecified atom stereocenters. The third-order valence-electron chi connectivity index (χ3n) is 1.04. The molecular weight excluding hydrogens is 146 g/mol. The van der Waals surface area contributed by atoms with E-state index in [0.717, 1.165) is 17.8 Å². The van der Waals surface area contributed by atoms with E-state index in [9.17, 15) is 0 Å². The first kappa shape index (κ1) is 13.7. The van der Waals surface area contributed by atoms with Crippen LogP contribution in [0.3, 0.4) is 0 Å². The summed E-state index contributed by atoms with van der Waals surface area (Å²) in [5.74, 6) is 0. The fourth-order valence-electron chi connectivity index (χ4n) is 0.657. The summed E-state index contributed by atoms with van der Waals surface area (Å²) >= 11 is 0. The average molecular weight is 167 g/mol. The van der Waals surface area contributed by atoms with Crippen LogP contribution in [-0.4, -0.2) is 5.71 Å². The maximum absolute atomic E-state index is 4.29. The van der Waals surface area contributed by atoms with E-state index in [0.29, 0.717) is 0 Å². The highest BCUT2D eigenvalue weighted by Gasteiger charge is 1.86. The molecule has 0 amide bonds. The molecular formula is C11H21N. The van der Waals surface area contributed by atoms with Gasteiger partial charge in [0.05, 0.1) is 0 Å². The summed E-state index contributed by atoms with van der Waals surface area (Å²) in [5, 5.41) is 0. The van der Waals surface area contributed by atoms with Crippen molar-refractivity contribution in [1.82, 2.24) is 0 Å². The Hall–Kier alpha value is -0.850. The van der Waals surface area contributed by atoms with E-state index in [-0.39, 0.29) is 0 Å². The molecule has 1 nitrogen and oxygen atoms in total. The summed E-state index contributed by atoms with van der Waals surface area (Å²) in [4.78, 5) is 4.29. The third-order valence-corrected chi connectivity index (χ3v) is 1.04. The lowest BCUT2D eigenvalue weighted by Crippen LogP contribution is -1.82. The molecule has 12 heavy (non-hydrogen) atoms. The predicted octanol–water partition coefficient (Wildman–Crippen LogP) is 3.97. The van der Waals surface area contributed by atoms with Crippen molar-refractivity contribution in [2.75, 3.05) is 0 Å². The van der Waals surface area contributed by atoms with Crippen molar-refractivity contribution in [2.24, 2.45) is 4.99 Å². The fraction of sp³-hybridized carbons (Fsp3) is 0.545. The molecule has 0 rings (SSSR count). The highest BCUT2D eigenvalue weighted by molar-refractivity contribution is 5.80. The van der Waals surface area contributed by atoms with Crippen LogP contribution in [0.15, 0.2) is 29.4 Å². The largest absolute Gasteiger partial charge is 0.263 e. The van der Waals surface area contributed by atoms with E-state index in [1.165, 1.54) is 0 Å². The predicted molar refractivity (Wildman–Crippen MR) is 58.7 cm³/mol. The van der Waals surface area contributed by atoms with E-state index in [1.807, 2.05) is 33.8 Å². The molecule has 0 heterocycles. The maximum atomic E-state index is 4.29. The minimum Gasteiger partial charge on any atom is -0.263 e. The van der Waals surface area contributed by atoms with Crippen molar-refractivity contribution in [2.45, 2.75) is 41.0 Å². The zero-order valence-corrected chi connectivity index (χ0v) is 9.02. The highest BCUT2D eigenvalue weighted by atomic mass is 14.7. The SMILES string of the molecule is C=C/C=C(/CC)N=C(C)C.CC. The second-order valence-electron chi connectivity index (χ2n) is 2.31. The number of allylic oxidation sites excluding steroid dienone is 3. The molecule has 0 aromatic carbocycles. The maximum Gasteiger partial charge on any atom is 0.0399 e. The van der Waals surface area contributed by atoms with Crippen LogP contribution in [0.1, 0.15) is 41.0 Å². The zero-order chi connectivity index (χ0) is 9.98. The van der Waals surface area contributed by atoms with Crippen molar-refractivity contribution in [1.29, 1.82) is 0 Å². The third kappa shape index (κ3) is 9.15. The summed E-state index contributed by atoms with van der Waals surface area (Å²) in [6.45, 7) is 13.7. The summed E-state index contributed by atoms with van der Waals surface area (Å²) in [6, 6.07) is 0. The number of rotatable bonds is 3. The van der Waals surface area contributed by atoms with Gasteiger partial charge in [-0.2, -0.15) is 0 Å². The van der Waals surface area contributed by atoms with Gasteiger partial charge in [-0.05, 0) is 26.3 Å². The van der Waals surface area contributed by atoms with Crippen LogP contribution in [0, 0.1) is 0 Å². The standard InChI is InChI=1S/C9H15N.C2H6/c1-5-7-9(6-2)10-8(3)4;1-2/h5,7H,1,6H2,2-4H3;1-2H3/b9-7-;. The van der Waals surface area contributed by atoms with Gasteiger partial charge >= 0.3 is 0 Å². The fourth-order valence-corrected chi connectivity index (χ4v) is 0.657. The van der Waals surface area contributed by atoms with E-state index in [1.54, 1.807) is 6.08 Å². The number of hydrogen-bond acceptors (Lipinski definition) is 1. The van der Waals surface area contributed by atoms with Crippen molar-refractivity contribution in [3.63, 3.8) is 0 Å². The Bertz CT molecular complexity index is 157. The molecule has 0 aromatic rings. The Labute approximate surface area is 76.9 Å². The summed E-state index contributed by atoms with van der Waals surface area (Å²) in [5.41, 5.74) is 2.19. The van der Waals surface area contributed by atoms with E-state index in [2.05, 4.69) is 18.5 Å². The first-order valence-corrected chi connectivity index (χ1v) is 4.54. The van der Waals surface area contributed by atoms with Crippen molar-refractivity contribution < 1.29 is 0 Å². The lowest BCUT2D eigenvalue weighted by molar-refractivity contribution is 1.06. The monoisotopic (exact) mass is 167 g/mol. The summed E-state index contributed by atoms with van der Waals surface area (Å²) in [6.07, 6.45) is 4.68. The van der Waals surface area contributed by atoms with Crippen LogP contribution in [0.25, 0.3) is 0 Å². The number of aliphatic imine (C=N–C) groups is 1. The van der Waals surface area contributed by atoms with Gasteiger partial charge in [-0.25, -0.2) is 0 Å². The molecule has 0 aliphatic carbocycles. The van der Waals surface area contributed by atoms with Crippen LogP contribution in [0.5, 0.6) is 0 Å². The molecule has 0 fully saturated rings. The van der Waals surface area contributed by atoms with E-state index in [4.69, 9.17) is 0 Å². The Kier molecular flexibility index (Phi) is 11.6. The van der Waals surface area contributed by atoms with Crippen molar-refractivity contribution in [3.05, 3.63) is 24.4 Å². The van der Waals surface area contributed by atoms with Gasteiger partial charge in [-0.3, -0.25) is 4.99 Å². The van der Waals surface area contributed by atoms with Crippen LogP contribution in [-0.2, 0) is 0 Å². The summed E-state index contributed by atoms with van der Waals surface area (Å²) < 4.78 is 0. The van der Waals surface area contributed by atoms with Crippen LogP contribution in [0.2, 0.25) is 0 Å². The van der Waals surface area contributed by atoms with E-state index < -0.39 is 0 Å². The van der Waals surface area contributed by atoms with Crippen molar-refractivity contribution in [3.8, 4) is 0 Å². The van der Waals surface area contributed by atoms with Crippen LogP contribution >= 0.6 is 0 Å². The molecule has 0 saturated carbocycles. The molecule has 0 aliphatic rings. The molecule has 0 bridgehead atoms. The van der Waals surface area contributed by atoms with Gasteiger partial charge in [-0.15, -0.1) is 0 Å². The number of hydrogen-bond donors (Lipinski definition) is 0. The highest BCUT2D eigenvalue weighted by Crippen LogP contribution is 2.02. The van der Waals surface area contributed by atoms with Crippen LogP contribution < -0.4 is 0 Å². The Balaban J connectivity index is 0. The zero-order valence-electron chi connectivity index (χ0n) is 9.02. The Morgan fingerprint density at radius 3 is 2.08 bits per heavy atom. The number of nitrogens with zero attached hydrogens (tertiary/aromatic N) is 1. The van der Waals surface area contributed by atoms with Gasteiger partial charge in [0.1, 0.15) is 0 Å². The van der Waals surface area contributed by atoms with Gasteiger partial charge < -0.3 is 0 Å². The normalized spacial score (nSPS) is 9.58. The van der Waals surface area contributed by atoms with Gasteiger partial charge in [0, 0.05) is 11.4 Å². The van der Waals surface area contributed by atoms with Gasteiger partial charge in [-0.1, -0.05) is 33.4 Å². The first-order chi connectivity index (χ1) is 5.70. The minimum absolute atomic E-state index is 0.969. The topological polar surface area (TPSA) is 12.4 Å². The lowest BCUT2D eigenvalue weighted by atomic mass is 10.3. The van der Waals surface area contributed by atoms with Crippen LogP contribution in [0.4, 0.5) is 0 Å². The molecule has 70 valence electrons. The smallest absolute Gasteiger partial charge is 0.0399 e. The second kappa shape index (κ2) is 10.2. The summed E-state index contributed by atoms with van der Waals surface area (Å²) in [7, 11) is 0. The second-order valence-corrected chi connectivity index (χ2v) is 2.31. The average Bonchev–Trinajstić information content (AvgIpc) is 2.07. The molecule has 0 aliphatic heterocycles. The minimum atomic E-state index is 0.969. The molecule has 0 saturated heterocycles. The van der Waals surface area contributed by atoms with Gasteiger partial charge in [0.15, 0.2) is 0 Å². The molecule has 0 aromatic heterocycles. The Morgan fingerprint density at radius 2 is 1.83 bits per heavy atom.